The molecule has 0 aliphatic carbocycles. The molecule has 1 atom stereocenters. The van der Waals surface area contributed by atoms with Crippen LogP contribution >= 0.6 is 0 Å². The Kier molecular flexibility index (Phi) is 5.48. The second-order valence-corrected chi connectivity index (χ2v) is 5.99. The minimum absolute atomic E-state index is 0.124. The molecule has 1 aromatic rings. The van der Waals surface area contributed by atoms with Crippen molar-refractivity contribution in [2.45, 2.75) is 40.2 Å². The van der Waals surface area contributed by atoms with Crippen molar-refractivity contribution < 1.29 is 9.84 Å². The lowest BCUT2D eigenvalue weighted by atomic mass is 9.89. The Balaban J connectivity index is 2.56. The van der Waals surface area contributed by atoms with Crippen LogP contribution in [0.15, 0.2) is 18.2 Å². The highest BCUT2D eigenvalue weighted by molar-refractivity contribution is 5.61. The van der Waals surface area contributed by atoms with Gasteiger partial charge < -0.3 is 20.9 Å². The van der Waals surface area contributed by atoms with E-state index in [1.54, 1.807) is 0 Å². The van der Waals surface area contributed by atoms with Crippen molar-refractivity contribution in [1.29, 1.82) is 0 Å². The van der Waals surface area contributed by atoms with Gasteiger partial charge in [0.2, 0.25) is 0 Å². The fraction of sp³-hybridized carbons (Fsp3) is 0.600. The molecule has 0 saturated carbocycles. The topological polar surface area (TPSA) is 67.5 Å². The molecule has 0 amide bonds. The highest BCUT2D eigenvalue weighted by Crippen LogP contribution is 2.26. The van der Waals surface area contributed by atoms with Gasteiger partial charge in [-0.05, 0) is 30.9 Å². The van der Waals surface area contributed by atoms with Gasteiger partial charge in [-0.1, -0.05) is 20.8 Å². The maximum Gasteiger partial charge on any atom is 0.144 e. The van der Waals surface area contributed by atoms with Crippen LogP contribution < -0.4 is 15.8 Å². The smallest absolute Gasteiger partial charge is 0.144 e. The second kappa shape index (κ2) is 6.66. The molecule has 4 nitrogen and oxygen atoms in total. The predicted octanol–water partition coefficient (Wildman–Crippen LogP) is 2.88. The van der Waals surface area contributed by atoms with Crippen LogP contribution in [0.2, 0.25) is 0 Å². The van der Waals surface area contributed by atoms with Gasteiger partial charge in [0.1, 0.15) is 5.75 Å². The Labute approximate surface area is 116 Å². The van der Waals surface area contributed by atoms with Crippen LogP contribution in [0, 0.1) is 5.41 Å². The maximum absolute atomic E-state index is 9.95. The van der Waals surface area contributed by atoms with Crippen molar-refractivity contribution in [2.75, 3.05) is 24.2 Å². The molecule has 0 fully saturated rings. The number of nitrogen functional groups attached to an aromatic ring is 1. The van der Waals surface area contributed by atoms with Crippen molar-refractivity contribution in [3.8, 4) is 5.75 Å². The molecule has 0 aliphatic rings. The molecule has 1 aromatic carbocycles. The Bertz CT molecular complexity index is 400. The maximum atomic E-state index is 9.95. The fourth-order valence-corrected chi connectivity index (χ4v) is 1.94. The Hall–Kier alpha value is -1.42. The summed E-state index contributed by atoms with van der Waals surface area (Å²) in [6, 6.07) is 5.56. The molecular weight excluding hydrogens is 240 g/mol. The molecular formula is C15H26N2O2. The first kappa shape index (κ1) is 15.6. The van der Waals surface area contributed by atoms with Crippen molar-refractivity contribution in [1.82, 2.24) is 0 Å². The summed E-state index contributed by atoms with van der Waals surface area (Å²) in [5, 5.41) is 13.2. The zero-order chi connectivity index (χ0) is 14.5. The highest BCUT2D eigenvalue weighted by Gasteiger charge is 2.16. The van der Waals surface area contributed by atoms with Crippen molar-refractivity contribution >= 4 is 11.4 Å². The Morgan fingerprint density at radius 1 is 1.37 bits per heavy atom. The van der Waals surface area contributed by atoms with Gasteiger partial charge in [-0.15, -0.1) is 0 Å². The standard InChI is InChI=1S/C15H26N2O2/c1-5-19-14-8-11(6-7-13(14)16)17-10-12(18)9-15(2,3)4/h6-8,12,17-18H,5,9-10,16H2,1-4H3. The van der Waals surface area contributed by atoms with Crippen LogP contribution in [0.5, 0.6) is 5.75 Å². The molecule has 19 heavy (non-hydrogen) atoms. The van der Waals surface area contributed by atoms with E-state index in [-0.39, 0.29) is 11.5 Å². The van der Waals surface area contributed by atoms with E-state index in [4.69, 9.17) is 10.5 Å². The van der Waals surface area contributed by atoms with Crippen LogP contribution in [-0.4, -0.2) is 24.4 Å². The van der Waals surface area contributed by atoms with Crippen LogP contribution in [0.25, 0.3) is 0 Å². The monoisotopic (exact) mass is 266 g/mol. The summed E-state index contributed by atoms with van der Waals surface area (Å²) >= 11 is 0. The van der Waals surface area contributed by atoms with Gasteiger partial charge in [-0.3, -0.25) is 0 Å². The highest BCUT2D eigenvalue weighted by atomic mass is 16.5. The molecule has 1 rings (SSSR count). The molecule has 0 saturated heterocycles. The fourth-order valence-electron chi connectivity index (χ4n) is 1.94. The van der Waals surface area contributed by atoms with Gasteiger partial charge in [0.25, 0.3) is 0 Å². The molecule has 0 aromatic heterocycles. The number of anilines is 2. The van der Waals surface area contributed by atoms with E-state index >= 15 is 0 Å². The summed E-state index contributed by atoms with van der Waals surface area (Å²) in [6.07, 6.45) is 0.390. The zero-order valence-corrected chi connectivity index (χ0v) is 12.4. The van der Waals surface area contributed by atoms with Crippen molar-refractivity contribution in [2.24, 2.45) is 5.41 Å². The van der Waals surface area contributed by atoms with Gasteiger partial charge in [-0.25, -0.2) is 0 Å². The molecule has 0 radical (unpaired) electrons. The van der Waals surface area contributed by atoms with E-state index in [0.717, 1.165) is 12.1 Å². The number of nitrogens with two attached hydrogens (primary N) is 1. The molecule has 4 heteroatoms. The average Bonchev–Trinajstić information content (AvgIpc) is 2.28. The number of aliphatic hydroxyl groups excluding tert-OH is 1. The molecule has 0 heterocycles. The summed E-state index contributed by atoms with van der Waals surface area (Å²) in [6.45, 7) is 9.38. The van der Waals surface area contributed by atoms with Crippen molar-refractivity contribution in [3.63, 3.8) is 0 Å². The van der Waals surface area contributed by atoms with E-state index in [1.807, 2.05) is 25.1 Å². The lowest BCUT2D eigenvalue weighted by molar-refractivity contribution is 0.132. The minimum atomic E-state index is -0.368. The molecule has 0 spiro atoms. The SMILES string of the molecule is CCOc1cc(NCC(O)CC(C)(C)C)ccc1N. The number of aliphatic hydroxyl groups is 1. The van der Waals surface area contributed by atoms with E-state index in [2.05, 4.69) is 26.1 Å². The van der Waals surface area contributed by atoms with Crippen molar-refractivity contribution in [3.05, 3.63) is 18.2 Å². The number of hydrogen-bond donors (Lipinski definition) is 3. The lowest BCUT2D eigenvalue weighted by Gasteiger charge is -2.23. The number of ether oxygens (including phenoxy) is 1. The second-order valence-electron chi connectivity index (χ2n) is 5.99. The zero-order valence-electron chi connectivity index (χ0n) is 12.4. The van der Waals surface area contributed by atoms with Gasteiger partial charge in [0.05, 0.1) is 18.4 Å². The largest absolute Gasteiger partial charge is 0.492 e. The first-order chi connectivity index (χ1) is 8.81. The first-order valence-electron chi connectivity index (χ1n) is 6.76. The minimum Gasteiger partial charge on any atom is -0.492 e. The van der Waals surface area contributed by atoms with Crippen LogP contribution in [0.1, 0.15) is 34.1 Å². The molecule has 1 unspecified atom stereocenters. The molecule has 0 aliphatic heterocycles. The van der Waals surface area contributed by atoms with Gasteiger partial charge in [0.15, 0.2) is 0 Å². The number of rotatable bonds is 6. The summed E-state index contributed by atoms with van der Waals surface area (Å²) < 4.78 is 5.44. The van der Waals surface area contributed by atoms with Crippen LogP contribution in [0.3, 0.4) is 0 Å². The van der Waals surface area contributed by atoms with E-state index < -0.39 is 0 Å². The third kappa shape index (κ3) is 5.83. The first-order valence-corrected chi connectivity index (χ1v) is 6.76. The van der Waals surface area contributed by atoms with E-state index in [1.165, 1.54) is 0 Å². The third-order valence-corrected chi connectivity index (χ3v) is 2.70. The number of hydrogen-bond acceptors (Lipinski definition) is 4. The quantitative estimate of drug-likeness (QED) is 0.693. The van der Waals surface area contributed by atoms with Crippen LogP contribution in [0.4, 0.5) is 11.4 Å². The summed E-state index contributed by atoms with van der Waals surface area (Å²) in [5.41, 5.74) is 7.47. The summed E-state index contributed by atoms with van der Waals surface area (Å²) in [5.74, 6) is 0.679. The lowest BCUT2D eigenvalue weighted by Crippen LogP contribution is -2.25. The van der Waals surface area contributed by atoms with Gasteiger partial charge >= 0.3 is 0 Å². The van der Waals surface area contributed by atoms with Gasteiger partial charge in [0, 0.05) is 18.3 Å². The number of nitrogens with one attached hydrogen (secondary N) is 1. The molecule has 108 valence electrons. The third-order valence-electron chi connectivity index (χ3n) is 2.70. The molecule has 4 N–H and O–H groups in total. The van der Waals surface area contributed by atoms with E-state index in [9.17, 15) is 5.11 Å². The van der Waals surface area contributed by atoms with Crippen LogP contribution in [-0.2, 0) is 0 Å². The summed E-state index contributed by atoms with van der Waals surface area (Å²) in [4.78, 5) is 0. The number of benzene rings is 1. The predicted molar refractivity (Wildman–Crippen MR) is 80.6 cm³/mol. The Morgan fingerprint density at radius 3 is 2.63 bits per heavy atom. The molecule has 0 bridgehead atoms. The van der Waals surface area contributed by atoms with Gasteiger partial charge in [-0.2, -0.15) is 0 Å². The normalized spacial score (nSPS) is 13.1. The Morgan fingerprint density at radius 2 is 2.05 bits per heavy atom. The van der Waals surface area contributed by atoms with E-state index in [0.29, 0.717) is 24.6 Å². The average molecular weight is 266 g/mol. The summed E-state index contributed by atoms with van der Waals surface area (Å²) in [7, 11) is 0.